The van der Waals surface area contributed by atoms with Crippen LogP contribution in [0.4, 0.5) is 5.69 Å². The Hall–Kier alpha value is -1.28. The van der Waals surface area contributed by atoms with E-state index in [1.165, 1.54) is 11.3 Å². The minimum atomic E-state index is -0.265. The molecule has 1 rings (SSSR count). The molecule has 0 spiro atoms. The highest BCUT2D eigenvalue weighted by molar-refractivity contribution is 5.57. The van der Waals surface area contributed by atoms with Crippen LogP contribution >= 0.6 is 0 Å². The van der Waals surface area contributed by atoms with Gasteiger partial charge in [0.2, 0.25) is 0 Å². The summed E-state index contributed by atoms with van der Waals surface area (Å²) in [4.78, 5) is 2.08. The number of hydrogen-bond donors (Lipinski definition) is 1. The van der Waals surface area contributed by atoms with E-state index < -0.39 is 0 Å². The van der Waals surface area contributed by atoms with E-state index in [0.717, 1.165) is 0 Å². The van der Waals surface area contributed by atoms with E-state index in [2.05, 4.69) is 23.1 Å². The Morgan fingerprint density at radius 2 is 2.13 bits per heavy atom. The zero-order valence-electron chi connectivity index (χ0n) is 9.64. The molecule has 0 fully saturated rings. The van der Waals surface area contributed by atoms with Gasteiger partial charge in [-0.3, -0.25) is 0 Å². The summed E-state index contributed by atoms with van der Waals surface area (Å²) in [6.07, 6.45) is 4.48. The van der Waals surface area contributed by atoms with Crippen molar-refractivity contribution < 1.29 is 5.11 Å². The van der Waals surface area contributed by atoms with E-state index in [1.807, 2.05) is 32.3 Å². The molecule has 1 aromatic carbocycles. The van der Waals surface area contributed by atoms with E-state index >= 15 is 0 Å². The summed E-state index contributed by atoms with van der Waals surface area (Å²) in [5.74, 6) is 0. The van der Waals surface area contributed by atoms with Crippen molar-refractivity contribution >= 4 is 11.8 Å². The Balaban J connectivity index is 2.69. The predicted octanol–water partition coefficient (Wildman–Crippen LogP) is 2.54. The summed E-state index contributed by atoms with van der Waals surface area (Å²) in [6.45, 7) is 1.79. The van der Waals surface area contributed by atoms with Crippen LogP contribution in [0.15, 0.2) is 30.3 Å². The second kappa shape index (κ2) is 5.56. The first-order valence-electron chi connectivity index (χ1n) is 5.21. The van der Waals surface area contributed by atoms with Crippen molar-refractivity contribution in [1.29, 1.82) is 0 Å². The number of aliphatic hydroxyl groups is 1. The molecule has 0 saturated carbocycles. The minimum Gasteiger partial charge on any atom is -0.393 e. The quantitative estimate of drug-likeness (QED) is 0.816. The van der Waals surface area contributed by atoms with Crippen LogP contribution < -0.4 is 4.90 Å². The smallest absolute Gasteiger partial charge is 0.0546 e. The number of nitrogens with zero attached hydrogens (tertiary/aromatic N) is 1. The first-order chi connectivity index (χ1) is 7.09. The Kier molecular flexibility index (Phi) is 4.37. The van der Waals surface area contributed by atoms with Gasteiger partial charge in [-0.05, 0) is 31.0 Å². The Bertz CT molecular complexity index is 329. The molecule has 0 aromatic heterocycles. The molecule has 0 amide bonds. The molecular weight excluding hydrogens is 186 g/mol. The molecule has 1 aromatic rings. The van der Waals surface area contributed by atoms with Gasteiger partial charge in [-0.15, -0.1) is 0 Å². The molecule has 15 heavy (non-hydrogen) atoms. The average molecular weight is 205 g/mol. The Labute approximate surface area is 91.9 Å². The lowest BCUT2D eigenvalue weighted by atomic mass is 10.1. The highest BCUT2D eigenvalue weighted by atomic mass is 16.3. The monoisotopic (exact) mass is 205 g/mol. The van der Waals surface area contributed by atoms with E-state index in [1.54, 1.807) is 6.92 Å². The fourth-order valence-corrected chi connectivity index (χ4v) is 1.31. The van der Waals surface area contributed by atoms with Gasteiger partial charge in [0.15, 0.2) is 0 Å². The summed E-state index contributed by atoms with van der Waals surface area (Å²) in [5.41, 5.74) is 2.36. The zero-order valence-corrected chi connectivity index (χ0v) is 9.64. The maximum absolute atomic E-state index is 9.11. The molecule has 0 aliphatic carbocycles. The number of hydrogen-bond acceptors (Lipinski definition) is 2. The molecule has 0 bridgehead atoms. The molecule has 2 heteroatoms. The first-order valence-corrected chi connectivity index (χ1v) is 5.21. The highest BCUT2D eigenvalue weighted by Crippen LogP contribution is 2.14. The molecule has 1 atom stereocenters. The number of aliphatic hydroxyl groups excluding tert-OH is 1. The first kappa shape index (κ1) is 11.8. The molecule has 0 heterocycles. The molecule has 0 aliphatic rings. The number of benzene rings is 1. The molecule has 0 radical (unpaired) electrons. The highest BCUT2D eigenvalue weighted by Gasteiger charge is 1.95. The lowest BCUT2D eigenvalue weighted by Crippen LogP contribution is -2.08. The van der Waals surface area contributed by atoms with E-state index in [9.17, 15) is 0 Å². The van der Waals surface area contributed by atoms with Gasteiger partial charge in [-0.25, -0.2) is 0 Å². The zero-order chi connectivity index (χ0) is 11.3. The third-order valence-electron chi connectivity index (χ3n) is 2.17. The van der Waals surface area contributed by atoms with Gasteiger partial charge in [0.1, 0.15) is 0 Å². The van der Waals surface area contributed by atoms with Crippen LogP contribution in [0.1, 0.15) is 18.9 Å². The van der Waals surface area contributed by atoms with Crippen molar-refractivity contribution in [2.24, 2.45) is 0 Å². The fourth-order valence-electron chi connectivity index (χ4n) is 1.31. The fraction of sp³-hybridized carbons (Fsp3) is 0.385. The topological polar surface area (TPSA) is 23.5 Å². The summed E-state index contributed by atoms with van der Waals surface area (Å²) in [5, 5.41) is 9.11. The van der Waals surface area contributed by atoms with E-state index in [-0.39, 0.29) is 6.10 Å². The van der Waals surface area contributed by atoms with Crippen LogP contribution in [0.2, 0.25) is 0 Å². The maximum Gasteiger partial charge on any atom is 0.0546 e. The number of rotatable bonds is 4. The van der Waals surface area contributed by atoms with E-state index in [0.29, 0.717) is 6.42 Å². The third kappa shape index (κ3) is 4.17. The van der Waals surface area contributed by atoms with E-state index in [4.69, 9.17) is 5.11 Å². The van der Waals surface area contributed by atoms with Crippen molar-refractivity contribution in [3.63, 3.8) is 0 Å². The average Bonchev–Trinajstić information content (AvgIpc) is 2.17. The van der Waals surface area contributed by atoms with Crippen molar-refractivity contribution in [1.82, 2.24) is 0 Å². The van der Waals surface area contributed by atoms with Crippen LogP contribution in [-0.4, -0.2) is 25.3 Å². The predicted molar refractivity (Wildman–Crippen MR) is 66.1 cm³/mol. The number of anilines is 1. The van der Waals surface area contributed by atoms with Crippen LogP contribution in [0.5, 0.6) is 0 Å². The molecule has 0 aliphatic heterocycles. The van der Waals surface area contributed by atoms with Gasteiger partial charge in [0.05, 0.1) is 6.10 Å². The van der Waals surface area contributed by atoms with Gasteiger partial charge < -0.3 is 10.0 Å². The van der Waals surface area contributed by atoms with Crippen molar-refractivity contribution in [3.05, 3.63) is 35.9 Å². The SMILES string of the molecule is CC(O)CC=Cc1cccc(N(C)C)c1. The van der Waals surface area contributed by atoms with Gasteiger partial charge >= 0.3 is 0 Å². The molecule has 0 saturated heterocycles. The van der Waals surface area contributed by atoms with Crippen LogP contribution in [0.25, 0.3) is 6.08 Å². The normalized spacial score (nSPS) is 13.1. The molecule has 1 N–H and O–H groups in total. The van der Waals surface area contributed by atoms with Gasteiger partial charge in [-0.1, -0.05) is 24.3 Å². The van der Waals surface area contributed by atoms with Gasteiger partial charge in [0.25, 0.3) is 0 Å². The molecular formula is C13H19NO. The maximum atomic E-state index is 9.11. The largest absolute Gasteiger partial charge is 0.393 e. The molecule has 1 unspecified atom stereocenters. The second-order valence-corrected chi connectivity index (χ2v) is 3.98. The van der Waals surface area contributed by atoms with Gasteiger partial charge in [0, 0.05) is 19.8 Å². The Morgan fingerprint density at radius 1 is 1.40 bits per heavy atom. The minimum absolute atomic E-state index is 0.265. The van der Waals surface area contributed by atoms with Crippen molar-refractivity contribution in [2.45, 2.75) is 19.4 Å². The third-order valence-corrected chi connectivity index (χ3v) is 2.17. The van der Waals surface area contributed by atoms with Crippen molar-refractivity contribution in [3.8, 4) is 0 Å². The second-order valence-electron chi connectivity index (χ2n) is 3.98. The summed E-state index contributed by atoms with van der Waals surface area (Å²) < 4.78 is 0. The van der Waals surface area contributed by atoms with Crippen LogP contribution in [0, 0.1) is 0 Å². The molecule has 2 nitrogen and oxygen atoms in total. The summed E-state index contributed by atoms with van der Waals surface area (Å²) in [6, 6.07) is 8.30. The standard InChI is InChI=1S/C13H19NO/c1-11(15)6-4-7-12-8-5-9-13(10-12)14(2)3/h4-5,7-11,15H,6H2,1-3H3. The summed E-state index contributed by atoms with van der Waals surface area (Å²) >= 11 is 0. The lowest BCUT2D eigenvalue weighted by Gasteiger charge is -2.12. The van der Waals surface area contributed by atoms with Crippen molar-refractivity contribution in [2.75, 3.05) is 19.0 Å². The van der Waals surface area contributed by atoms with Crippen LogP contribution in [-0.2, 0) is 0 Å². The Morgan fingerprint density at radius 3 is 2.73 bits per heavy atom. The van der Waals surface area contributed by atoms with Crippen LogP contribution in [0.3, 0.4) is 0 Å². The summed E-state index contributed by atoms with van der Waals surface area (Å²) in [7, 11) is 4.05. The lowest BCUT2D eigenvalue weighted by molar-refractivity contribution is 0.199. The van der Waals surface area contributed by atoms with Gasteiger partial charge in [-0.2, -0.15) is 0 Å². The molecule has 82 valence electrons.